The Morgan fingerprint density at radius 1 is 1.53 bits per heavy atom. The smallest absolute Gasteiger partial charge is 0.306 e. The fourth-order valence-electron chi connectivity index (χ4n) is 0.788. The number of methoxy groups -OCH3 is 1. The summed E-state index contributed by atoms with van der Waals surface area (Å²) in [4.78, 5) is 10.8. The lowest BCUT2D eigenvalue weighted by atomic mass is 10.5. The van der Waals surface area contributed by atoms with E-state index in [1.165, 1.54) is 14.2 Å². The van der Waals surface area contributed by atoms with E-state index in [1.807, 2.05) is 0 Å². The van der Waals surface area contributed by atoms with Crippen LogP contribution < -0.4 is 5.73 Å². The van der Waals surface area contributed by atoms with E-state index in [9.17, 15) is 13.2 Å². The Bertz CT molecular complexity index is 339. The van der Waals surface area contributed by atoms with Gasteiger partial charge in [0.05, 0.1) is 30.8 Å². The molecule has 0 radical (unpaired) electrons. The maximum Gasteiger partial charge on any atom is 0.306 e. The van der Waals surface area contributed by atoms with Crippen molar-refractivity contribution >= 4 is 33.2 Å². The average molecular weight is 254 g/mol. The van der Waals surface area contributed by atoms with Crippen molar-refractivity contribution in [1.29, 1.82) is 0 Å². The van der Waals surface area contributed by atoms with E-state index in [0.29, 0.717) is 0 Å². The zero-order valence-electron chi connectivity index (χ0n) is 8.60. The van der Waals surface area contributed by atoms with Crippen molar-refractivity contribution < 1.29 is 17.9 Å². The second-order valence-corrected chi connectivity index (χ2v) is 5.58. The van der Waals surface area contributed by atoms with Crippen molar-refractivity contribution in [3.63, 3.8) is 0 Å². The first-order valence-corrected chi connectivity index (χ1v) is 6.10. The minimum Gasteiger partial charge on any atom is -0.469 e. The highest BCUT2D eigenvalue weighted by Gasteiger charge is 2.19. The molecule has 0 aromatic heterocycles. The second-order valence-electron chi connectivity index (χ2n) is 2.86. The highest BCUT2D eigenvalue weighted by atomic mass is 32.2. The standard InChI is InChI=1S/C7H14N2O4S2/c1-9(5-6(8)14)15(11,12)4-3-7(10)13-2/h3-5H2,1-2H3,(H2,8,14). The van der Waals surface area contributed by atoms with Gasteiger partial charge in [0, 0.05) is 7.05 Å². The highest BCUT2D eigenvalue weighted by Crippen LogP contribution is 2.00. The Morgan fingerprint density at radius 3 is 2.47 bits per heavy atom. The SMILES string of the molecule is COC(=O)CCS(=O)(=O)N(C)CC(N)=S. The molecule has 2 N–H and O–H groups in total. The second kappa shape index (κ2) is 5.99. The van der Waals surface area contributed by atoms with Crippen LogP contribution in [0.5, 0.6) is 0 Å². The van der Waals surface area contributed by atoms with Gasteiger partial charge in [0.15, 0.2) is 0 Å². The van der Waals surface area contributed by atoms with Crippen molar-refractivity contribution in [2.75, 3.05) is 26.5 Å². The van der Waals surface area contributed by atoms with E-state index in [-0.39, 0.29) is 23.7 Å². The van der Waals surface area contributed by atoms with Crippen LogP contribution >= 0.6 is 12.2 Å². The molecule has 0 aliphatic rings. The lowest BCUT2D eigenvalue weighted by molar-refractivity contribution is -0.140. The summed E-state index contributed by atoms with van der Waals surface area (Å²) in [5, 5.41) is 0. The van der Waals surface area contributed by atoms with Gasteiger partial charge in [-0.25, -0.2) is 8.42 Å². The number of carbonyl (C=O) groups excluding carboxylic acids is 1. The van der Waals surface area contributed by atoms with Gasteiger partial charge in [0.1, 0.15) is 0 Å². The van der Waals surface area contributed by atoms with Crippen LogP contribution in [-0.2, 0) is 19.6 Å². The van der Waals surface area contributed by atoms with Gasteiger partial charge in [0.25, 0.3) is 0 Å². The van der Waals surface area contributed by atoms with E-state index in [2.05, 4.69) is 17.0 Å². The molecule has 0 aromatic rings. The van der Waals surface area contributed by atoms with Crippen LogP contribution in [-0.4, -0.2) is 50.1 Å². The van der Waals surface area contributed by atoms with Crippen LogP contribution in [0.15, 0.2) is 0 Å². The zero-order valence-corrected chi connectivity index (χ0v) is 10.2. The minimum absolute atomic E-state index is 0.0289. The molecule has 8 heteroatoms. The average Bonchev–Trinajstić information content (AvgIpc) is 2.13. The van der Waals surface area contributed by atoms with Crippen LogP contribution in [0.3, 0.4) is 0 Å². The molecule has 0 heterocycles. The number of hydrogen-bond acceptors (Lipinski definition) is 5. The number of esters is 1. The van der Waals surface area contributed by atoms with Gasteiger partial charge in [-0.1, -0.05) is 12.2 Å². The Balaban J connectivity index is 4.29. The topological polar surface area (TPSA) is 89.7 Å². The zero-order chi connectivity index (χ0) is 12.1. The molecule has 0 amide bonds. The maximum atomic E-state index is 11.5. The van der Waals surface area contributed by atoms with Crippen LogP contribution in [0, 0.1) is 0 Å². The summed E-state index contributed by atoms with van der Waals surface area (Å²) in [5.74, 6) is -0.874. The predicted octanol–water partition coefficient (Wildman–Crippen LogP) is -0.903. The number of hydrogen-bond donors (Lipinski definition) is 1. The molecular weight excluding hydrogens is 240 g/mol. The lowest BCUT2D eigenvalue weighted by Crippen LogP contribution is -2.36. The molecule has 0 aromatic carbocycles. The number of thiocarbonyl (C=S) groups is 1. The van der Waals surface area contributed by atoms with Crippen molar-refractivity contribution in [2.45, 2.75) is 6.42 Å². The van der Waals surface area contributed by atoms with Gasteiger partial charge in [0.2, 0.25) is 10.0 Å². The number of ether oxygens (including phenoxy) is 1. The van der Waals surface area contributed by atoms with E-state index in [1.54, 1.807) is 0 Å². The molecule has 0 bridgehead atoms. The van der Waals surface area contributed by atoms with E-state index < -0.39 is 16.0 Å². The van der Waals surface area contributed by atoms with Crippen molar-refractivity contribution in [3.8, 4) is 0 Å². The number of rotatable bonds is 6. The van der Waals surface area contributed by atoms with Crippen LogP contribution in [0.4, 0.5) is 0 Å². The quantitative estimate of drug-likeness (QED) is 0.488. The molecule has 0 aliphatic carbocycles. The fourth-order valence-corrected chi connectivity index (χ4v) is 2.14. The molecule has 0 aliphatic heterocycles. The Morgan fingerprint density at radius 2 is 2.07 bits per heavy atom. The number of nitrogens with zero attached hydrogens (tertiary/aromatic N) is 1. The molecule has 0 atom stereocenters. The third-order valence-corrected chi connectivity index (χ3v) is 3.57. The molecule has 0 saturated carbocycles. The number of likely N-dealkylation sites (N-methyl/N-ethyl adjacent to an activating group) is 1. The first-order valence-electron chi connectivity index (χ1n) is 4.08. The van der Waals surface area contributed by atoms with Gasteiger partial charge in [-0.3, -0.25) is 4.79 Å². The summed E-state index contributed by atoms with van der Waals surface area (Å²) in [5.41, 5.74) is 5.21. The van der Waals surface area contributed by atoms with Crippen LogP contribution in [0.2, 0.25) is 0 Å². The molecule has 0 rings (SSSR count). The van der Waals surface area contributed by atoms with Gasteiger partial charge < -0.3 is 10.5 Å². The monoisotopic (exact) mass is 254 g/mol. The van der Waals surface area contributed by atoms with Crippen molar-refractivity contribution in [1.82, 2.24) is 4.31 Å². The fraction of sp³-hybridized carbons (Fsp3) is 0.714. The van der Waals surface area contributed by atoms with Gasteiger partial charge in [-0.2, -0.15) is 4.31 Å². The molecule has 0 spiro atoms. The van der Waals surface area contributed by atoms with Crippen molar-refractivity contribution in [3.05, 3.63) is 0 Å². The summed E-state index contributed by atoms with van der Waals surface area (Å²) in [6.45, 7) is -0.0289. The normalized spacial score (nSPS) is 11.4. The minimum atomic E-state index is -3.50. The molecule has 0 saturated heterocycles. The van der Waals surface area contributed by atoms with Crippen LogP contribution in [0.25, 0.3) is 0 Å². The first-order chi connectivity index (χ1) is 6.79. The first kappa shape index (κ1) is 14.3. The molecule has 0 fully saturated rings. The Hall–Kier alpha value is -0.730. The Labute approximate surface area is 94.4 Å². The molecule has 6 nitrogen and oxygen atoms in total. The molecule has 15 heavy (non-hydrogen) atoms. The molecule has 0 unspecified atom stereocenters. The van der Waals surface area contributed by atoms with Gasteiger partial charge in [-0.05, 0) is 0 Å². The third kappa shape index (κ3) is 5.65. The largest absolute Gasteiger partial charge is 0.469 e. The molecular formula is C7H14N2O4S2. The van der Waals surface area contributed by atoms with Gasteiger partial charge >= 0.3 is 5.97 Å². The summed E-state index contributed by atoms with van der Waals surface area (Å²) in [7, 11) is -0.941. The van der Waals surface area contributed by atoms with E-state index >= 15 is 0 Å². The Kier molecular flexibility index (Phi) is 5.69. The summed E-state index contributed by atoms with van der Waals surface area (Å²) < 4.78 is 28.3. The van der Waals surface area contributed by atoms with Gasteiger partial charge in [-0.15, -0.1) is 0 Å². The van der Waals surface area contributed by atoms with Crippen molar-refractivity contribution in [2.24, 2.45) is 5.73 Å². The summed E-state index contributed by atoms with van der Waals surface area (Å²) in [6, 6.07) is 0. The van der Waals surface area contributed by atoms with E-state index in [0.717, 1.165) is 4.31 Å². The third-order valence-electron chi connectivity index (χ3n) is 1.65. The molecule has 88 valence electrons. The summed E-state index contributed by atoms with van der Waals surface area (Å²) in [6.07, 6.45) is -0.180. The van der Waals surface area contributed by atoms with E-state index in [4.69, 9.17) is 5.73 Å². The van der Waals surface area contributed by atoms with Crippen LogP contribution in [0.1, 0.15) is 6.42 Å². The maximum absolute atomic E-state index is 11.5. The number of nitrogens with two attached hydrogens (primary N) is 1. The summed E-state index contributed by atoms with van der Waals surface area (Å²) >= 11 is 4.58. The predicted molar refractivity (Wildman–Crippen MR) is 59.8 cm³/mol. The number of sulfonamides is 1. The lowest BCUT2D eigenvalue weighted by Gasteiger charge is -2.15. The number of carbonyl (C=O) groups is 1. The highest BCUT2D eigenvalue weighted by molar-refractivity contribution is 7.89.